The van der Waals surface area contributed by atoms with Crippen LogP contribution in [0.15, 0.2) is 164 Å². The Morgan fingerprint density at radius 1 is 0.375 bits per heavy atom. The van der Waals surface area contributed by atoms with E-state index in [2.05, 4.69) is 46.9 Å². The second kappa shape index (κ2) is 25.1. The first-order valence-electron chi connectivity index (χ1n) is 27.8. The minimum atomic E-state index is -3.84. The lowest BCUT2D eigenvalue weighted by molar-refractivity contribution is -0.128. The summed E-state index contributed by atoms with van der Waals surface area (Å²) in [5.74, 6) is -6.92. The predicted octanol–water partition coefficient (Wildman–Crippen LogP) is 6.61. The number of nitrogens with one attached hydrogen (secondary N) is 9. The number of H-pyrrole nitrogens is 3. The Balaban J connectivity index is 0.974. The maximum Gasteiger partial charge on any atom is 0.250 e. The number of hydrogen-bond donors (Lipinski definition) is 9. The number of benzene rings is 6. The minimum absolute atomic E-state index is 0.144. The van der Waals surface area contributed by atoms with E-state index in [9.17, 15) is 54.0 Å². The molecule has 9 rings (SSSR count). The van der Waals surface area contributed by atoms with E-state index in [1.165, 1.54) is 20.8 Å². The molecule has 0 spiro atoms. The summed E-state index contributed by atoms with van der Waals surface area (Å²) in [4.78, 5) is 92.5. The lowest BCUT2D eigenvalue weighted by Gasteiger charge is -2.29. The summed E-state index contributed by atoms with van der Waals surface area (Å²) in [5, 5.41) is 18.7. The normalized spacial score (nSPS) is 14.1. The predicted molar refractivity (Wildman–Crippen MR) is 341 cm³/mol. The topological polar surface area (TPSA) is 324 Å². The average molecular weight is 1250 g/mol. The van der Waals surface area contributed by atoms with Crippen molar-refractivity contribution in [3.05, 3.63) is 198 Å². The SMILES string of the molecule is C[C@](CS(C)(=O)=O)(NC(=O)Cc1c[nH]c2ccccc12)C(=O)Nc1ccc(C(c2ccc(NC(=O)[C@@](C)(CS(C)(=O)=O)NC(=O)Cc3c[nH]c4ccccc34)cc2)c2ccc(NC(=O)[C@@](C)(CS(C)(=O)=O)NC(=O)Cc3c[nH]c4ccccc34)cc2)cc1. The Morgan fingerprint density at radius 2 is 0.614 bits per heavy atom. The second-order valence-corrected chi connectivity index (χ2v) is 29.5. The summed E-state index contributed by atoms with van der Waals surface area (Å²) >= 11 is 0. The lowest BCUT2D eigenvalue weighted by atomic mass is 9.85. The van der Waals surface area contributed by atoms with Crippen molar-refractivity contribution in [2.24, 2.45) is 0 Å². The fourth-order valence-electron chi connectivity index (χ4n) is 11.1. The average Bonchev–Trinajstić information content (AvgIpc) is 3.19. The Bertz CT molecular complexity index is 4050. The van der Waals surface area contributed by atoms with Crippen LogP contribution in [-0.2, 0) is 77.5 Å². The van der Waals surface area contributed by atoms with E-state index in [1.807, 2.05) is 72.8 Å². The number of sulfone groups is 3. The molecule has 0 saturated carbocycles. The third-order valence-electron chi connectivity index (χ3n) is 15.0. The smallest absolute Gasteiger partial charge is 0.250 e. The van der Waals surface area contributed by atoms with Crippen molar-refractivity contribution >= 4 is 115 Å². The van der Waals surface area contributed by atoms with Crippen LogP contribution in [0.2, 0.25) is 0 Å². The summed E-state index contributed by atoms with van der Waals surface area (Å²) in [6, 6.07) is 42.0. The van der Waals surface area contributed by atoms with Crippen molar-refractivity contribution in [2.45, 2.75) is 62.6 Å². The number of aromatic nitrogens is 3. The first-order chi connectivity index (χ1) is 41.4. The Labute approximate surface area is 509 Å². The Morgan fingerprint density at radius 3 is 0.852 bits per heavy atom. The van der Waals surface area contributed by atoms with Crippen LogP contribution < -0.4 is 31.9 Å². The molecule has 9 aromatic rings. The number of carbonyl (C=O) groups excluding carboxylic acids is 6. The van der Waals surface area contributed by atoms with Crippen molar-refractivity contribution in [3.63, 3.8) is 0 Å². The number of rotatable bonds is 24. The molecule has 24 heteroatoms. The van der Waals surface area contributed by atoms with E-state index in [-0.39, 0.29) is 36.3 Å². The molecule has 0 bridgehead atoms. The van der Waals surface area contributed by atoms with Gasteiger partial charge in [-0.15, -0.1) is 0 Å². The first-order valence-corrected chi connectivity index (χ1v) is 34.0. The van der Waals surface area contributed by atoms with E-state index in [0.717, 1.165) is 51.5 Å². The zero-order chi connectivity index (χ0) is 63.4. The quantitative estimate of drug-likeness (QED) is 0.0289. The van der Waals surface area contributed by atoms with Gasteiger partial charge >= 0.3 is 0 Å². The monoisotopic (exact) mass is 1250 g/mol. The third-order valence-corrected chi connectivity index (χ3v) is 18.3. The largest absolute Gasteiger partial charge is 0.361 e. The zero-order valence-corrected chi connectivity index (χ0v) is 51.5. The molecule has 3 atom stereocenters. The molecule has 0 saturated heterocycles. The maximum absolute atomic E-state index is 14.2. The molecule has 0 aliphatic rings. The molecular weight excluding hydrogens is 1180 g/mol. The summed E-state index contributed by atoms with van der Waals surface area (Å²) in [5.41, 5.74) is 1.33. The van der Waals surface area contributed by atoms with Gasteiger partial charge in [0.2, 0.25) is 17.7 Å². The molecule has 0 fully saturated rings. The van der Waals surface area contributed by atoms with Crippen molar-refractivity contribution in [2.75, 3.05) is 52.0 Å². The van der Waals surface area contributed by atoms with Gasteiger partial charge in [0, 0.05) is 93.0 Å². The fraction of sp³-hybridized carbons (Fsp3) is 0.250. The van der Waals surface area contributed by atoms with Crippen LogP contribution in [0.25, 0.3) is 32.7 Å². The molecule has 3 aromatic heterocycles. The first kappa shape index (κ1) is 63.1. The molecule has 88 heavy (non-hydrogen) atoms. The summed E-state index contributed by atoms with van der Waals surface area (Å²) in [7, 11) is -11.5. The molecule has 0 aliphatic carbocycles. The number of fused-ring (bicyclic) bond motifs is 3. The van der Waals surface area contributed by atoms with Gasteiger partial charge in [0.05, 0.1) is 36.5 Å². The van der Waals surface area contributed by atoms with Gasteiger partial charge in [-0.1, -0.05) is 91.0 Å². The van der Waals surface area contributed by atoms with Crippen molar-refractivity contribution in [1.29, 1.82) is 0 Å². The van der Waals surface area contributed by atoms with Gasteiger partial charge in [-0.25, -0.2) is 25.3 Å². The molecule has 0 aliphatic heterocycles. The van der Waals surface area contributed by atoms with Crippen molar-refractivity contribution in [1.82, 2.24) is 30.9 Å². The van der Waals surface area contributed by atoms with Crippen LogP contribution in [0, 0.1) is 0 Å². The third kappa shape index (κ3) is 15.6. The zero-order valence-electron chi connectivity index (χ0n) is 49.0. The highest BCUT2D eigenvalue weighted by Gasteiger charge is 2.41. The van der Waals surface area contributed by atoms with Crippen LogP contribution in [0.3, 0.4) is 0 Å². The molecule has 0 unspecified atom stereocenters. The van der Waals surface area contributed by atoms with Crippen LogP contribution >= 0.6 is 0 Å². The van der Waals surface area contributed by atoms with E-state index in [4.69, 9.17) is 0 Å². The van der Waals surface area contributed by atoms with Gasteiger partial charge < -0.3 is 46.9 Å². The molecule has 6 amide bonds. The van der Waals surface area contributed by atoms with Crippen LogP contribution in [0.1, 0.15) is 60.1 Å². The van der Waals surface area contributed by atoms with Crippen LogP contribution in [0.5, 0.6) is 0 Å². The van der Waals surface area contributed by atoms with Gasteiger partial charge in [0.25, 0.3) is 17.7 Å². The lowest BCUT2D eigenvalue weighted by Crippen LogP contribution is -2.58. The van der Waals surface area contributed by atoms with E-state index in [0.29, 0.717) is 33.4 Å². The highest BCUT2D eigenvalue weighted by atomic mass is 32.2. The van der Waals surface area contributed by atoms with Crippen molar-refractivity contribution in [3.8, 4) is 0 Å². The molecule has 3 heterocycles. The highest BCUT2D eigenvalue weighted by Crippen LogP contribution is 2.35. The van der Waals surface area contributed by atoms with E-state index >= 15 is 0 Å². The number of carbonyl (C=O) groups is 6. The molecule has 458 valence electrons. The van der Waals surface area contributed by atoms with Crippen molar-refractivity contribution < 1.29 is 54.0 Å². The molecule has 21 nitrogen and oxygen atoms in total. The van der Waals surface area contributed by atoms with E-state index < -0.39 is 105 Å². The van der Waals surface area contributed by atoms with Crippen LogP contribution in [0.4, 0.5) is 17.1 Å². The van der Waals surface area contributed by atoms with Gasteiger partial charge in [-0.05, 0) is 109 Å². The number of anilines is 3. The standard InChI is InChI=1S/C64H67N9O12S3/c1-62(37-86(4,80)81,71-55(74)31-43-34-65-52-16-10-7-13-49(43)52)59(77)68-46-25-19-40(20-26-46)58(41-21-27-47(28-22-41)69-60(78)63(2,38-87(5,82)83)72-56(75)32-44-35-66-53-17-11-8-14-50(44)53)42-23-29-48(30-24-42)70-61(79)64(3,39-88(6,84)85)73-57(76)33-45-36-67-54-18-12-9-15-51(45)54/h7-30,34-36,58,65-67H,31-33,37-39H2,1-6H3,(H,68,77)(H,69,78)(H,70,79)(H,71,74)(H,72,75)(H,73,76)/t62-,63-,64-/m1/s1. The molecular formula is C64H67N9O12S3. The summed E-state index contributed by atoms with van der Waals surface area (Å²) in [6.07, 6.45) is 7.51. The van der Waals surface area contributed by atoms with Gasteiger partial charge in [0.15, 0.2) is 0 Å². The molecule has 9 N–H and O–H groups in total. The number of aromatic amines is 3. The van der Waals surface area contributed by atoms with Gasteiger partial charge in [-0.2, -0.15) is 0 Å². The second-order valence-electron chi connectivity index (χ2n) is 23.1. The number of para-hydroxylation sites is 3. The molecule has 6 aromatic carbocycles. The van der Waals surface area contributed by atoms with E-state index in [1.54, 1.807) is 91.4 Å². The Kier molecular flexibility index (Phi) is 18.0. The van der Waals surface area contributed by atoms with Gasteiger partial charge in [0.1, 0.15) is 46.1 Å². The highest BCUT2D eigenvalue weighted by molar-refractivity contribution is 7.91. The molecule has 0 radical (unpaired) electrons. The summed E-state index contributed by atoms with van der Waals surface area (Å²) < 4.78 is 76.7. The number of amides is 6. The maximum atomic E-state index is 14.2. The minimum Gasteiger partial charge on any atom is -0.361 e. The fourth-order valence-corrected chi connectivity index (χ4v) is 14.9. The van der Waals surface area contributed by atoms with Gasteiger partial charge in [-0.3, -0.25) is 28.8 Å². The van der Waals surface area contributed by atoms with Crippen LogP contribution in [-0.4, -0.2) is 128 Å². The summed E-state index contributed by atoms with van der Waals surface area (Å²) in [6.45, 7) is 4.01. The number of hydrogen-bond acceptors (Lipinski definition) is 12. The Hall–Kier alpha value is -9.39.